The summed E-state index contributed by atoms with van der Waals surface area (Å²) >= 11 is 3.38. The number of benzene rings is 1. The lowest BCUT2D eigenvalue weighted by molar-refractivity contribution is -0.134. The van der Waals surface area contributed by atoms with E-state index in [1.165, 1.54) is 0 Å². The Labute approximate surface area is 163 Å². The SMILES string of the molecule is CC1(CN)CCN(C(=O)C2CCCN2C(=O)c2ccc(Br)cc2)C1.Cl. The summed E-state index contributed by atoms with van der Waals surface area (Å²) in [6, 6.07) is 6.98. The minimum atomic E-state index is -0.332. The fourth-order valence-electron chi connectivity index (χ4n) is 3.61. The number of nitrogens with zero attached hydrogens (tertiary/aromatic N) is 2. The number of nitrogens with two attached hydrogens (primary N) is 1. The van der Waals surface area contributed by atoms with E-state index in [2.05, 4.69) is 22.9 Å². The van der Waals surface area contributed by atoms with Crippen LogP contribution in [0.3, 0.4) is 0 Å². The fourth-order valence-corrected chi connectivity index (χ4v) is 3.88. The molecule has 2 saturated heterocycles. The van der Waals surface area contributed by atoms with Crippen molar-refractivity contribution < 1.29 is 9.59 Å². The zero-order valence-corrected chi connectivity index (χ0v) is 16.8. The van der Waals surface area contributed by atoms with Crippen LogP contribution in [0.1, 0.15) is 36.5 Å². The second-order valence-corrected chi connectivity index (χ2v) is 8.10. The summed E-state index contributed by atoms with van der Waals surface area (Å²) in [6.45, 7) is 4.79. The van der Waals surface area contributed by atoms with E-state index in [0.717, 1.165) is 30.3 Å². The third-order valence-electron chi connectivity index (χ3n) is 5.25. The number of amides is 2. The largest absolute Gasteiger partial charge is 0.340 e. The summed E-state index contributed by atoms with van der Waals surface area (Å²) in [5, 5.41) is 0. The Morgan fingerprint density at radius 1 is 1.28 bits per heavy atom. The van der Waals surface area contributed by atoms with Crippen molar-refractivity contribution in [2.75, 3.05) is 26.2 Å². The summed E-state index contributed by atoms with van der Waals surface area (Å²) in [6.07, 6.45) is 2.56. The molecule has 2 unspecified atom stereocenters. The van der Waals surface area contributed by atoms with E-state index in [9.17, 15) is 9.59 Å². The second-order valence-electron chi connectivity index (χ2n) is 7.19. The highest BCUT2D eigenvalue weighted by molar-refractivity contribution is 9.10. The minimum Gasteiger partial charge on any atom is -0.340 e. The molecule has 0 aliphatic carbocycles. The first kappa shape index (κ1) is 20.2. The summed E-state index contributed by atoms with van der Waals surface area (Å²) < 4.78 is 0.936. The molecule has 1 aromatic carbocycles. The van der Waals surface area contributed by atoms with E-state index >= 15 is 0 Å². The molecule has 0 bridgehead atoms. The van der Waals surface area contributed by atoms with Crippen molar-refractivity contribution in [2.45, 2.75) is 32.2 Å². The van der Waals surface area contributed by atoms with Crippen LogP contribution < -0.4 is 5.73 Å². The lowest BCUT2D eigenvalue weighted by Gasteiger charge is -2.29. The van der Waals surface area contributed by atoms with Crippen LogP contribution in [-0.4, -0.2) is 53.8 Å². The number of halogens is 2. The van der Waals surface area contributed by atoms with Crippen LogP contribution in [0.15, 0.2) is 28.7 Å². The average molecular weight is 431 g/mol. The third kappa shape index (κ3) is 4.18. The normalized spacial score (nSPS) is 25.8. The molecule has 0 radical (unpaired) electrons. The Balaban J connectivity index is 0.00000225. The zero-order chi connectivity index (χ0) is 17.3. The lowest BCUT2D eigenvalue weighted by Crippen LogP contribution is -2.47. The second kappa shape index (κ2) is 8.06. The van der Waals surface area contributed by atoms with Crippen LogP contribution in [0.4, 0.5) is 0 Å². The van der Waals surface area contributed by atoms with Crippen LogP contribution in [0.25, 0.3) is 0 Å². The maximum Gasteiger partial charge on any atom is 0.254 e. The van der Waals surface area contributed by atoms with Gasteiger partial charge < -0.3 is 15.5 Å². The molecule has 2 amide bonds. The maximum atomic E-state index is 12.9. The number of rotatable bonds is 3. The van der Waals surface area contributed by atoms with Crippen molar-refractivity contribution in [1.82, 2.24) is 9.80 Å². The number of hydrogen-bond acceptors (Lipinski definition) is 3. The minimum absolute atomic E-state index is 0. The van der Waals surface area contributed by atoms with Gasteiger partial charge in [0, 0.05) is 29.7 Å². The lowest BCUT2D eigenvalue weighted by atomic mass is 9.90. The molecule has 1 aromatic rings. The van der Waals surface area contributed by atoms with Gasteiger partial charge in [0.05, 0.1) is 0 Å². The highest BCUT2D eigenvalue weighted by Gasteiger charge is 2.41. The van der Waals surface area contributed by atoms with Crippen molar-refractivity contribution in [1.29, 1.82) is 0 Å². The van der Waals surface area contributed by atoms with Crippen molar-refractivity contribution in [3.63, 3.8) is 0 Å². The van der Waals surface area contributed by atoms with Crippen LogP contribution in [0, 0.1) is 5.41 Å². The summed E-state index contributed by atoms with van der Waals surface area (Å²) in [4.78, 5) is 29.4. The molecule has 2 fully saturated rings. The van der Waals surface area contributed by atoms with Crippen LogP contribution in [-0.2, 0) is 4.79 Å². The van der Waals surface area contributed by atoms with Crippen molar-refractivity contribution >= 4 is 40.2 Å². The summed E-state index contributed by atoms with van der Waals surface area (Å²) in [5.74, 6) is 0.0225. The Hall–Kier alpha value is -1.11. The Morgan fingerprint density at radius 3 is 2.56 bits per heavy atom. The quantitative estimate of drug-likeness (QED) is 0.802. The molecule has 3 rings (SSSR count). The molecule has 0 aromatic heterocycles. The van der Waals surface area contributed by atoms with E-state index in [-0.39, 0.29) is 35.7 Å². The van der Waals surface area contributed by atoms with Crippen LogP contribution in [0.5, 0.6) is 0 Å². The topological polar surface area (TPSA) is 66.6 Å². The highest BCUT2D eigenvalue weighted by Crippen LogP contribution is 2.31. The zero-order valence-electron chi connectivity index (χ0n) is 14.4. The average Bonchev–Trinajstić information content (AvgIpc) is 3.22. The van der Waals surface area contributed by atoms with Gasteiger partial charge in [-0.15, -0.1) is 12.4 Å². The Kier molecular flexibility index (Phi) is 6.51. The van der Waals surface area contributed by atoms with Crippen LogP contribution >= 0.6 is 28.3 Å². The number of carbonyl (C=O) groups is 2. The predicted octanol–water partition coefficient (Wildman–Crippen LogP) is 2.67. The standard InChI is InChI=1S/C18H24BrN3O2.ClH/c1-18(11-20)8-10-21(12-18)17(24)15-3-2-9-22(15)16(23)13-4-6-14(19)7-5-13;/h4-7,15H,2-3,8-12,20H2,1H3;1H. The molecular weight excluding hydrogens is 406 g/mol. The van der Waals surface area contributed by atoms with E-state index in [1.54, 1.807) is 17.0 Å². The molecule has 2 heterocycles. The van der Waals surface area contributed by atoms with Crippen LogP contribution in [0.2, 0.25) is 0 Å². The molecule has 0 saturated carbocycles. The van der Waals surface area contributed by atoms with Gasteiger partial charge in [0.2, 0.25) is 5.91 Å². The van der Waals surface area contributed by atoms with Gasteiger partial charge in [0.15, 0.2) is 0 Å². The van der Waals surface area contributed by atoms with Gasteiger partial charge in [-0.3, -0.25) is 9.59 Å². The molecule has 138 valence electrons. The van der Waals surface area contributed by atoms with Gasteiger partial charge in [-0.2, -0.15) is 0 Å². The number of carbonyl (C=O) groups excluding carboxylic acids is 2. The summed E-state index contributed by atoms with van der Waals surface area (Å²) in [5.41, 5.74) is 6.48. The fraction of sp³-hybridized carbons (Fsp3) is 0.556. The van der Waals surface area contributed by atoms with Crippen molar-refractivity contribution in [3.8, 4) is 0 Å². The summed E-state index contributed by atoms with van der Waals surface area (Å²) in [7, 11) is 0. The Morgan fingerprint density at radius 2 is 1.96 bits per heavy atom. The first-order valence-corrected chi connectivity index (χ1v) is 9.28. The monoisotopic (exact) mass is 429 g/mol. The molecule has 2 aliphatic rings. The molecule has 25 heavy (non-hydrogen) atoms. The third-order valence-corrected chi connectivity index (χ3v) is 5.78. The van der Waals surface area contributed by atoms with Crippen molar-refractivity contribution in [2.24, 2.45) is 11.1 Å². The van der Waals surface area contributed by atoms with E-state index in [0.29, 0.717) is 25.2 Å². The van der Waals surface area contributed by atoms with E-state index < -0.39 is 0 Å². The van der Waals surface area contributed by atoms with E-state index in [1.807, 2.05) is 17.0 Å². The molecule has 0 spiro atoms. The predicted molar refractivity (Wildman–Crippen MR) is 104 cm³/mol. The first-order valence-electron chi connectivity index (χ1n) is 8.49. The first-order chi connectivity index (χ1) is 11.4. The molecule has 2 N–H and O–H groups in total. The highest BCUT2D eigenvalue weighted by atomic mass is 79.9. The molecule has 7 heteroatoms. The smallest absolute Gasteiger partial charge is 0.254 e. The molecule has 5 nitrogen and oxygen atoms in total. The number of hydrogen-bond donors (Lipinski definition) is 1. The van der Waals surface area contributed by atoms with Gasteiger partial charge >= 0.3 is 0 Å². The number of likely N-dealkylation sites (tertiary alicyclic amines) is 2. The van der Waals surface area contributed by atoms with Crippen molar-refractivity contribution in [3.05, 3.63) is 34.3 Å². The van der Waals surface area contributed by atoms with Gasteiger partial charge in [-0.1, -0.05) is 22.9 Å². The maximum absolute atomic E-state index is 12.9. The van der Waals surface area contributed by atoms with Gasteiger partial charge in [0.1, 0.15) is 6.04 Å². The molecular formula is C18H25BrClN3O2. The molecule has 2 atom stereocenters. The van der Waals surface area contributed by atoms with E-state index in [4.69, 9.17) is 5.73 Å². The van der Waals surface area contributed by atoms with Gasteiger partial charge in [-0.05, 0) is 55.5 Å². The van der Waals surface area contributed by atoms with Gasteiger partial charge in [0.25, 0.3) is 5.91 Å². The Bertz CT molecular complexity index is 640. The van der Waals surface area contributed by atoms with Gasteiger partial charge in [-0.25, -0.2) is 0 Å². The molecule has 2 aliphatic heterocycles.